The van der Waals surface area contributed by atoms with Crippen molar-refractivity contribution in [3.05, 3.63) is 70.4 Å². The van der Waals surface area contributed by atoms with Crippen LogP contribution in [0.4, 0.5) is 10.1 Å². The van der Waals surface area contributed by atoms with Crippen molar-refractivity contribution in [1.82, 2.24) is 9.88 Å². The van der Waals surface area contributed by atoms with E-state index >= 15 is 0 Å². The first-order chi connectivity index (χ1) is 14.9. The van der Waals surface area contributed by atoms with Gasteiger partial charge >= 0.3 is 0 Å². The van der Waals surface area contributed by atoms with Gasteiger partial charge in [-0.2, -0.15) is 0 Å². The average Bonchev–Trinajstić information content (AvgIpc) is 3.22. The molecular formula is C22H20Cl2FN3O3. The van der Waals surface area contributed by atoms with Gasteiger partial charge in [0.05, 0.1) is 34.0 Å². The SMILES string of the molecule is CCN(CC(=O)Nc1c(Cl)cccc1Cl)C(=O)CCc1ncc(-c2ccccc2F)o1. The van der Waals surface area contributed by atoms with E-state index in [9.17, 15) is 14.0 Å². The number of nitrogens with one attached hydrogen (secondary N) is 1. The van der Waals surface area contributed by atoms with Crippen molar-refractivity contribution in [3.63, 3.8) is 0 Å². The van der Waals surface area contributed by atoms with Crippen LogP contribution in [0.2, 0.25) is 10.0 Å². The highest BCUT2D eigenvalue weighted by atomic mass is 35.5. The van der Waals surface area contributed by atoms with Crippen molar-refractivity contribution >= 4 is 40.7 Å². The van der Waals surface area contributed by atoms with Gasteiger partial charge in [-0.05, 0) is 31.2 Å². The molecule has 162 valence electrons. The number of hydrogen-bond acceptors (Lipinski definition) is 4. The van der Waals surface area contributed by atoms with Crippen molar-refractivity contribution in [3.8, 4) is 11.3 Å². The van der Waals surface area contributed by atoms with E-state index in [0.29, 0.717) is 39.5 Å². The van der Waals surface area contributed by atoms with Crippen LogP contribution in [0.3, 0.4) is 0 Å². The Labute approximate surface area is 189 Å². The van der Waals surface area contributed by atoms with Gasteiger partial charge in [0.1, 0.15) is 5.82 Å². The third kappa shape index (κ3) is 5.83. The number of oxazole rings is 1. The number of aryl methyl sites for hydroxylation is 1. The van der Waals surface area contributed by atoms with Crippen molar-refractivity contribution in [1.29, 1.82) is 0 Å². The molecule has 0 aliphatic heterocycles. The molecule has 0 unspecified atom stereocenters. The number of carbonyl (C=O) groups excluding carboxylic acids is 2. The summed E-state index contributed by atoms with van der Waals surface area (Å²) in [6.45, 7) is 1.96. The lowest BCUT2D eigenvalue weighted by molar-refractivity contribution is -0.134. The van der Waals surface area contributed by atoms with Gasteiger partial charge in [-0.3, -0.25) is 9.59 Å². The van der Waals surface area contributed by atoms with Crippen molar-refractivity contribution in [2.75, 3.05) is 18.4 Å². The Morgan fingerprint density at radius 1 is 1.13 bits per heavy atom. The number of halogens is 3. The zero-order chi connectivity index (χ0) is 22.4. The maximum Gasteiger partial charge on any atom is 0.244 e. The molecule has 1 aromatic heterocycles. The molecular weight excluding hydrogens is 444 g/mol. The van der Waals surface area contributed by atoms with E-state index in [0.717, 1.165) is 0 Å². The van der Waals surface area contributed by atoms with E-state index in [2.05, 4.69) is 10.3 Å². The molecule has 0 saturated heterocycles. The molecule has 3 aromatic rings. The second-order valence-corrected chi connectivity index (χ2v) is 7.47. The van der Waals surface area contributed by atoms with Crippen molar-refractivity contribution in [2.45, 2.75) is 19.8 Å². The van der Waals surface area contributed by atoms with E-state index in [4.69, 9.17) is 27.6 Å². The van der Waals surface area contributed by atoms with Crippen molar-refractivity contribution < 1.29 is 18.4 Å². The highest BCUT2D eigenvalue weighted by Gasteiger charge is 2.18. The summed E-state index contributed by atoms with van der Waals surface area (Å²) in [6.07, 6.45) is 1.74. The Hall–Kier alpha value is -2.90. The highest BCUT2D eigenvalue weighted by Crippen LogP contribution is 2.29. The molecule has 0 saturated carbocycles. The molecule has 0 aliphatic rings. The second-order valence-electron chi connectivity index (χ2n) is 6.65. The quantitative estimate of drug-likeness (QED) is 0.497. The molecule has 2 amide bonds. The Bertz CT molecular complexity index is 1070. The second kappa shape index (κ2) is 10.4. The van der Waals surface area contributed by atoms with Crippen LogP contribution in [0.15, 0.2) is 53.1 Å². The first kappa shape index (κ1) is 22.8. The number of hydrogen-bond donors (Lipinski definition) is 1. The molecule has 0 aliphatic carbocycles. The Morgan fingerprint density at radius 3 is 2.52 bits per heavy atom. The van der Waals surface area contributed by atoms with Gasteiger partial charge in [0.25, 0.3) is 0 Å². The number of carbonyl (C=O) groups is 2. The van der Waals surface area contributed by atoms with Gasteiger partial charge in [-0.1, -0.05) is 41.4 Å². The summed E-state index contributed by atoms with van der Waals surface area (Å²) in [5, 5.41) is 3.26. The minimum atomic E-state index is -0.414. The van der Waals surface area contributed by atoms with Gasteiger partial charge in [0.15, 0.2) is 11.7 Å². The van der Waals surface area contributed by atoms with Gasteiger partial charge in [-0.25, -0.2) is 9.37 Å². The first-order valence-corrected chi connectivity index (χ1v) is 10.4. The smallest absolute Gasteiger partial charge is 0.244 e. The average molecular weight is 464 g/mol. The van der Waals surface area contributed by atoms with Crippen molar-refractivity contribution in [2.24, 2.45) is 0 Å². The van der Waals surface area contributed by atoms with Gasteiger partial charge in [0, 0.05) is 19.4 Å². The fraction of sp³-hybridized carbons (Fsp3) is 0.227. The molecule has 0 bridgehead atoms. The standard InChI is InChI=1S/C22H20Cl2FN3O3/c1-2-28(13-19(29)27-22-15(23)7-5-8-16(22)24)21(30)11-10-20-26-12-18(31-20)14-6-3-4-9-17(14)25/h3-9,12H,2,10-11,13H2,1H3,(H,27,29). The lowest BCUT2D eigenvalue weighted by Crippen LogP contribution is -2.38. The van der Waals surface area contributed by atoms with Crippen LogP contribution in [-0.2, 0) is 16.0 Å². The van der Waals surface area contributed by atoms with E-state index in [1.54, 1.807) is 43.3 Å². The van der Waals surface area contributed by atoms with Crippen LogP contribution in [0.25, 0.3) is 11.3 Å². The highest BCUT2D eigenvalue weighted by molar-refractivity contribution is 6.39. The minimum Gasteiger partial charge on any atom is -0.441 e. The van der Waals surface area contributed by atoms with Crippen LogP contribution >= 0.6 is 23.2 Å². The third-order valence-corrected chi connectivity index (χ3v) is 5.17. The summed E-state index contributed by atoms with van der Waals surface area (Å²) in [4.78, 5) is 30.5. The van der Waals surface area contributed by atoms with Crippen LogP contribution < -0.4 is 5.32 Å². The molecule has 0 spiro atoms. The molecule has 9 heteroatoms. The maximum atomic E-state index is 13.9. The Morgan fingerprint density at radius 2 is 1.84 bits per heavy atom. The van der Waals surface area contributed by atoms with E-state index < -0.39 is 11.7 Å². The number of amides is 2. The molecule has 1 heterocycles. The largest absolute Gasteiger partial charge is 0.441 e. The summed E-state index contributed by atoms with van der Waals surface area (Å²) in [7, 11) is 0. The predicted octanol–water partition coefficient (Wildman–Crippen LogP) is 5.21. The number of para-hydroxylation sites is 1. The fourth-order valence-electron chi connectivity index (χ4n) is 2.93. The molecule has 0 atom stereocenters. The third-order valence-electron chi connectivity index (χ3n) is 4.54. The molecule has 3 rings (SSSR count). The van der Waals surface area contributed by atoms with Crippen LogP contribution in [-0.4, -0.2) is 34.8 Å². The first-order valence-electron chi connectivity index (χ1n) is 9.60. The summed E-state index contributed by atoms with van der Waals surface area (Å²) in [6, 6.07) is 11.1. The molecule has 31 heavy (non-hydrogen) atoms. The molecule has 1 N–H and O–H groups in total. The Kier molecular flexibility index (Phi) is 7.65. The van der Waals surface area contributed by atoms with Crippen LogP contribution in [0.5, 0.6) is 0 Å². The number of aromatic nitrogens is 1. The number of benzene rings is 2. The lowest BCUT2D eigenvalue weighted by atomic mass is 10.2. The fourth-order valence-corrected chi connectivity index (χ4v) is 3.42. The maximum absolute atomic E-state index is 13.9. The molecule has 2 aromatic carbocycles. The number of rotatable bonds is 8. The van der Waals surface area contributed by atoms with E-state index in [-0.39, 0.29) is 25.3 Å². The molecule has 0 radical (unpaired) electrons. The van der Waals surface area contributed by atoms with Gasteiger partial charge in [-0.15, -0.1) is 0 Å². The van der Waals surface area contributed by atoms with Gasteiger partial charge < -0.3 is 14.6 Å². The summed E-state index contributed by atoms with van der Waals surface area (Å²) in [5.41, 5.74) is 0.609. The minimum absolute atomic E-state index is 0.0885. The molecule has 6 nitrogen and oxygen atoms in total. The zero-order valence-corrected chi connectivity index (χ0v) is 18.2. The van der Waals surface area contributed by atoms with Gasteiger partial charge in [0.2, 0.25) is 11.8 Å². The summed E-state index contributed by atoms with van der Waals surface area (Å²) in [5.74, 6) is -0.460. The van der Waals surface area contributed by atoms with E-state index in [1.807, 2.05) is 0 Å². The number of anilines is 1. The molecule has 0 fully saturated rings. The Balaban J connectivity index is 1.57. The van der Waals surface area contributed by atoms with E-state index in [1.165, 1.54) is 17.2 Å². The summed E-state index contributed by atoms with van der Waals surface area (Å²) < 4.78 is 19.4. The van der Waals surface area contributed by atoms with Crippen LogP contribution in [0.1, 0.15) is 19.2 Å². The van der Waals surface area contributed by atoms with Crippen LogP contribution in [0, 0.1) is 5.82 Å². The lowest BCUT2D eigenvalue weighted by Gasteiger charge is -2.20. The topological polar surface area (TPSA) is 75.4 Å². The predicted molar refractivity (Wildman–Crippen MR) is 118 cm³/mol. The normalized spacial score (nSPS) is 10.7. The zero-order valence-electron chi connectivity index (χ0n) is 16.7. The number of nitrogens with zero attached hydrogens (tertiary/aromatic N) is 2. The monoisotopic (exact) mass is 463 g/mol. The summed E-state index contributed by atoms with van der Waals surface area (Å²) >= 11 is 12.1. The number of likely N-dealkylation sites (N-methyl/N-ethyl adjacent to an activating group) is 1.